The van der Waals surface area contributed by atoms with Gasteiger partial charge in [0.05, 0.1) is 16.9 Å². The molecule has 1 N–H and O–H groups in total. The lowest BCUT2D eigenvalue weighted by Gasteiger charge is -2.29. The highest BCUT2D eigenvalue weighted by Crippen LogP contribution is 2.34. The fourth-order valence-corrected chi connectivity index (χ4v) is 2.29. The van der Waals surface area contributed by atoms with Crippen molar-refractivity contribution in [2.45, 2.75) is 19.3 Å². The highest BCUT2D eigenvalue weighted by atomic mass is 19.1. The van der Waals surface area contributed by atoms with Crippen LogP contribution in [0.5, 0.6) is 5.75 Å². The molecule has 98 valence electrons. The molecule has 2 heterocycles. The summed E-state index contributed by atoms with van der Waals surface area (Å²) in [5, 5.41) is 9.26. The lowest BCUT2D eigenvalue weighted by atomic mass is 10.1. The van der Waals surface area contributed by atoms with E-state index >= 15 is 0 Å². The molecule has 0 spiro atoms. The molecule has 0 saturated carbocycles. The van der Waals surface area contributed by atoms with Gasteiger partial charge in [0.1, 0.15) is 11.3 Å². The van der Waals surface area contributed by atoms with Gasteiger partial charge in [-0.15, -0.1) is 0 Å². The number of para-hydroxylation sites is 1. The van der Waals surface area contributed by atoms with E-state index in [9.17, 15) is 14.0 Å². The number of hydrogen-bond acceptors (Lipinski definition) is 3. The summed E-state index contributed by atoms with van der Waals surface area (Å²) >= 11 is 0. The molecule has 0 saturated heterocycles. The van der Waals surface area contributed by atoms with Crippen LogP contribution in [0.4, 0.5) is 4.39 Å². The maximum absolute atomic E-state index is 13.7. The minimum atomic E-state index is -1.58. The van der Waals surface area contributed by atoms with Crippen molar-refractivity contribution in [1.29, 1.82) is 0 Å². The van der Waals surface area contributed by atoms with Crippen LogP contribution < -0.4 is 10.2 Å². The first-order valence-corrected chi connectivity index (χ1v) is 5.72. The number of nitrogens with zero attached hydrogens (tertiary/aromatic N) is 1. The van der Waals surface area contributed by atoms with Gasteiger partial charge < -0.3 is 14.4 Å². The second-order valence-electron chi connectivity index (χ2n) is 4.45. The number of aromatic carboxylic acids is 1. The second-order valence-corrected chi connectivity index (χ2v) is 4.45. The zero-order chi connectivity index (χ0) is 13.7. The molecule has 19 heavy (non-hydrogen) atoms. The Hall–Kier alpha value is -2.37. The predicted octanol–water partition coefficient (Wildman–Crippen LogP) is 1.95. The van der Waals surface area contributed by atoms with E-state index in [0.717, 1.165) is 0 Å². The van der Waals surface area contributed by atoms with Crippen LogP contribution in [0.2, 0.25) is 0 Å². The van der Waals surface area contributed by atoms with Crippen LogP contribution >= 0.6 is 0 Å². The molecular formula is C13H10FNO4. The van der Waals surface area contributed by atoms with Crippen molar-refractivity contribution in [3.8, 4) is 5.75 Å². The van der Waals surface area contributed by atoms with E-state index in [4.69, 9.17) is 9.84 Å². The lowest BCUT2D eigenvalue weighted by Crippen LogP contribution is -2.31. The van der Waals surface area contributed by atoms with Gasteiger partial charge in [-0.25, -0.2) is 4.79 Å². The molecule has 0 fully saturated rings. The third kappa shape index (κ3) is 1.53. The first-order valence-electron chi connectivity index (χ1n) is 5.72. The van der Waals surface area contributed by atoms with E-state index in [1.165, 1.54) is 22.9 Å². The van der Waals surface area contributed by atoms with E-state index < -0.39 is 23.8 Å². The van der Waals surface area contributed by atoms with Crippen LogP contribution in [0.3, 0.4) is 0 Å². The van der Waals surface area contributed by atoms with Gasteiger partial charge in [0.2, 0.25) is 5.43 Å². The SMILES string of the molecule is CC1C(F)Oc2cccc3c(=O)c(C(=O)O)cn1c23. The van der Waals surface area contributed by atoms with E-state index in [1.807, 2.05) is 0 Å². The summed E-state index contributed by atoms with van der Waals surface area (Å²) in [6, 6.07) is 3.91. The maximum Gasteiger partial charge on any atom is 0.341 e. The van der Waals surface area contributed by atoms with Crippen molar-refractivity contribution < 1.29 is 19.0 Å². The summed E-state index contributed by atoms with van der Waals surface area (Å²) in [4.78, 5) is 23.1. The first-order chi connectivity index (χ1) is 9.00. The number of benzene rings is 1. The van der Waals surface area contributed by atoms with Gasteiger partial charge >= 0.3 is 5.97 Å². The smallest absolute Gasteiger partial charge is 0.341 e. The fraction of sp³-hybridized carbons (Fsp3) is 0.231. The first kappa shape index (κ1) is 11.7. The van der Waals surface area contributed by atoms with Crippen LogP contribution in [0.25, 0.3) is 10.9 Å². The van der Waals surface area contributed by atoms with Crippen molar-refractivity contribution >= 4 is 16.9 Å². The second kappa shape index (κ2) is 3.81. The van der Waals surface area contributed by atoms with Crippen LogP contribution in [-0.2, 0) is 0 Å². The zero-order valence-corrected chi connectivity index (χ0v) is 9.96. The number of rotatable bonds is 1. The molecule has 3 rings (SSSR count). The molecule has 1 aliphatic rings. The Morgan fingerprint density at radius 3 is 2.89 bits per heavy atom. The molecule has 1 aliphatic heterocycles. The number of carboxylic acids is 1. The highest BCUT2D eigenvalue weighted by molar-refractivity contribution is 5.94. The molecule has 5 nitrogen and oxygen atoms in total. The van der Waals surface area contributed by atoms with Crippen molar-refractivity contribution in [2.75, 3.05) is 0 Å². The third-order valence-electron chi connectivity index (χ3n) is 3.30. The molecule has 1 aromatic carbocycles. The summed E-state index contributed by atoms with van der Waals surface area (Å²) in [5.41, 5.74) is -0.529. The van der Waals surface area contributed by atoms with Crippen LogP contribution in [0.1, 0.15) is 23.3 Å². The molecule has 6 heteroatoms. The Bertz CT molecular complexity index is 752. The molecule has 2 atom stereocenters. The van der Waals surface area contributed by atoms with Crippen LogP contribution in [0.15, 0.2) is 29.2 Å². The Balaban J connectivity index is 2.49. The van der Waals surface area contributed by atoms with Gasteiger partial charge in [-0.1, -0.05) is 6.07 Å². The van der Waals surface area contributed by atoms with E-state index in [2.05, 4.69) is 0 Å². The fourth-order valence-electron chi connectivity index (χ4n) is 2.29. The number of halogens is 1. The molecule has 2 aromatic rings. The number of carboxylic acid groups (broad SMARTS) is 1. The predicted molar refractivity (Wildman–Crippen MR) is 65.4 cm³/mol. The minimum Gasteiger partial charge on any atom is -0.477 e. The van der Waals surface area contributed by atoms with E-state index in [1.54, 1.807) is 13.0 Å². The normalized spacial score (nSPS) is 21.2. The summed E-state index contributed by atoms with van der Waals surface area (Å²) in [6.45, 7) is 1.57. The number of hydrogen-bond donors (Lipinski definition) is 1. The van der Waals surface area contributed by atoms with Crippen molar-refractivity contribution in [3.05, 3.63) is 40.2 Å². The topological polar surface area (TPSA) is 68.5 Å². The molecule has 0 radical (unpaired) electrons. The van der Waals surface area contributed by atoms with Crippen molar-refractivity contribution in [2.24, 2.45) is 0 Å². The van der Waals surface area contributed by atoms with Gasteiger partial charge in [-0.3, -0.25) is 4.79 Å². The van der Waals surface area contributed by atoms with Gasteiger partial charge in [0.25, 0.3) is 6.36 Å². The summed E-state index contributed by atoms with van der Waals surface area (Å²) < 4.78 is 20.3. The Morgan fingerprint density at radius 2 is 2.21 bits per heavy atom. The largest absolute Gasteiger partial charge is 0.477 e. The number of aromatic nitrogens is 1. The monoisotopic (exact) mass is 263 g/mol. The average molecular weight is 263 g/mol. The van der Waals surface area contributed by atoms with Crippen LogP contribution in [0, 0.1) is 0 Å². The Kier molecular flexibility index (Phi) is 2.35. The molecule has 0 aliphatic carbocycles. The number of alkyl halides is 1. The molecular weight excluding hydrogens is 253 g/mol. The number of carbonyl (C=O) groups is 1. The van der Waals surface area contributed by atoms with Gasteiger partial charge in [0.15, 0.2) is 0 Å². The molecule has 2 unspecified atom stereocenters. The molecule has 0 bridgehead atoms. The number of pyridine rings is 1. The highest BCUT2D eigenvalue weighted by Gasteiger charge is 2.29. The standard InChI is InChI=1S/C13H10FNO4/c1-6-12(14)19-9-4-2-3-7-10(9)15(6)5-8(11(7)16)13(17)18/h2-6,12H,1H3,(H,17,18). The number of ether oxygens (including phenoxy) is 1. The molecule has 0 amide bonds. The van der Waals surface area contributed by atoms with E-state index in [0.29, 0.717) is 5.52 Å². The van der Waals surface area contributed by atoms with Gasteiger partial charge in [-0.05, 0) is 19.1 Å². The third-order valence-corrected chi connectivity index (χ3v) is 3.30. The average Bonchev–Trinajstić information content (AvgIpc) is 2.37. The lowest BCUT2D eigenvalue weighted by molar-refractivity contribution is 0.0166. The van der Waals surface area contributed by atoms with Gasteiger partial charge in [0, 0.05) is 6.20 Å². The van der Waals surface area contributed by atoms with E-state index in [-0.39, 0.29) is 16.7 Å². The zero-order valence-electron chi connectivity index (χ0n) is 9.96. The van der Waals surface area contributed by atoms with Crippen molar-refractivity contribution in [1.82, 2.24) is 4.57 Å². The summed E-state index contributed by atoms with van der Waals surface area (Å²) in [6.07, 6.45) is -0.404. The Morgan fingerprint density at radius 1 is 1.47 bits per heavy atom. The minimum absolute atomic E-state index is 0.219. The van der Waals surface area contributed by atoms with Gasteiger partial charge in [-0.2, -0.15) is 4.39 Å². The molecule has 1 aromatic heterocycles. The summed E-state index contributed by atoms with van der Waals surface area (Å²) in [7, 11) is 0. The quantitative estimate of drug-likeness (QED) is 0.853. The van der Waals surface area contributed by atoms with Crippen LogP contribution in [-0.4, -0.2) is 22.0 Å². The Labute approximate surface area is 106 Å². The van der Waals surface area contributed by atoms with Crippen molar-refractivity contribution in [3.63, 3.8) is 0 Å². The summed E-state index contributed by atoms with van der Waals surface area (Å²) in [5.74, 6) is -1.08. The maximum atomic E-state index is 13.7.